The van der Waals surface area contributed by atoms with Crippen molar-refractivity contribution in [1.29, 1.82) is 0 Å². The molecule has 5 aromatic carbocycles. The van der Waals surface area contributed by atoms with Crippen LogP contribution in [0.5, 0.6) is 11.5 Å². The van der Waals surface area contributed by atoms with E-state index in [-0.39, 0.29) is 0 Å². The van der Waals surface area contributed by atoms with E-state index in [1.54, 1.807) is 0 Å². The van der Waals surface area contributed by atoms with E-state index < -0.39 is 0 Å². The zero-order chi connectivity index (χ0) is 21.5. The molecule has 0 unspecified atom stereocenters. The Kier molecular flexibility index (Phi) is 3.14. The fraction of sp³-hybridized carbons (Fsp3) is 0. The summed E-state index contributed by atoms with van der Waals surface area (Å²) in [4.78, 5) is 0. The first kappa shape index (κ1) is 17.1. The Morgan fingerprint density at radius 3 is 1.70 bits per heavy atom. The quantitative estimate of drug-likeness (QED) is 0.262. The summed E-state index contributed by atoms with van der Waals surface area (Å²) in [5.41, 5.74) is 6.91. The van der Waals surface area contributed by atoms with E-state index in [0.717, 1.165) is 28.4 Å². The van der Waals surface area contributed by atoms with Gasteiger partial charge in [0.2, 0.25) is 0 Å². The molecule has 3 heterocycles. The summed E-state index contributed by atoms with van der Waals surface area (Å²) in [6.07, 6.45) is 0. The lowest BCUT2D eigenvalue weighted by atomic mass is 10.1. The lowest BCUT2D eigenvalue weighted by Gasteiger charge is -2.21. The van der Waals surface area contributed by atoms with Gasteiger partial charge >= 0.3 is 0 Å². The Hall–Kier alpha value is -4.50. The second-order valence-electron chi connectivity index (χ2n) is 8.63. The van der Waals surface area contributed by atoms with Crippen LogP contribution in [0.25, 0.3) is 55.0 Å². The van der Waals surface area contributed by atoms with Crippen LogP contribution in [0.3, 0.4) is 0 Å². The van der Waals surface area contributed by atoms with E-state index >= 15 is 0 Å². The topological polar surface area (TPSA) is 19.1 Å². The van der Waals surface area contributed by atoms with Crippen LogP contribution in [0, 0.1) is 0 Å². The highest BCUT2D eigenvalue weighted by atomic mass is 16.5. The second-order valence-corrected chi connectivity index (χ2v) is 8.63. The zero-order valence-corrected chi connectivity index (χ0v) is 17.7. The third-order valence-corrected chi connectivity index (χ3v) is 6.88. The summed E-state index contributed by atoms with van der Waals surface area (Å²) >= 11 is 0. The fourth-order valence-corrected chi connectivity index (χ4v) is 5.55. The van der Waals surface area contributed by atoms with Crippen LogP contribution >= 0.6 is 0 Å². The molecule has 7 aromatic rings. The molecular weight excluding hydrogens is 404 g/mol. The van der Waals surface area contributed by atoms with E-state index in [1.165, 1.54) is 38.1 Å². The molecule has 0 atom stereocenters. The van der Waals surface area contributed by atoms with Crippen molar-refractivity contribution in [2.75, 3.05) is 0 Å². The van der Waals surface area contributed by atoms with Crippen molar-refractivity contribution in [3.63, 3.8) is 0 Å². The van der Waals surface area contributed by atoms with Gasteiger partial charge in [-0.05, 0) is 36.4 Å². The number of hydrogen-bond acceptors (Lipinski definition) is 1. The minimum atomic E-state index is 0.882. The van der Waals surface area contributed by atoms with E-state index in [0.29, 0.717) is 0 Å². The van der Waals surface area contributed by atoms with E-state index in [1.807, 2.05) is 12.1 Å². The molecule has 0 saturated heterocycles. The first-order valence-electron chi connectivity index (χ1n) is 11.2. The molecule has 1 aliphatic heterocycles. The predicted molar refractivity (Wildman–Crippen MR) is 135 cm³/mol. The van der Waals surface area contributed by atoms with Gasteiger partial charge in [-0.2, -0.15) is 0 Å². The zero-order valence-electron chi connectivity index (χ0n) is 17.7. The van der Waals surface area contributed by atoms with E-state index in [4.69, 9.17) is 4.74 Å². The van der Waals surface area contributed by atoms with Gasteiger partial charge in [-0.25, -0.2) is 0 Å². The van der Waals surface area contributed by atoms with Gasteiger partial charge in [0.05, 0.1) is 33.4 Å². The van der Waals surface area contributed by atoms with Crippen molar-refractivity contribution >= 4 is 43.6 Å². The van der Waals surface area contributed by atoms with Gasteiger partial charge in [0.25, 0.3) is 0 Å². The van der Waals surface area contributed by atoms with Crippen molar-refractivity contribution in [3.8, 4) is 22.9 Å². The molecule has 3 nitrogen and oxygen atoms in total. The average molecular weight is 422 g/mol. The van der Waals surface area contributed by atoms with E-state index in [9.17, 15) is 0 Å². The van der Waals surface area contributed by atoms with Crippen LogP contribution in [0.15, 0.2) is 109 Å². The molecular formula is C30H18N2O. The van der Waals surface area contributed by atoms with Crippen LogP contribution in [0.1, 0.15) is 0 Å². The SMILES string of the molecule is c1ccc2c(c1)Oc1cc(-n3c4ccccc4c4ccccc43)cc3c4ccccc4n-2c13. The maximum atomic E-state index is 6.51. The number of para-hydroxylation sites is 5. The average Bonchev–Trinajstić information content (AvgIpc) is 3.39. The van der Waals surface area contributed by atoms with E-state index in [2.05, 4.69) is 106 Å². The maximum Gasteiger partial charge on any atom is 0.154 e. The number of aromatic nitrogens is 2. The first-order chi connectivity index (χ1) is 16.4. The monoisotopic (exact) mass is 422 g/mol. The van der Waals surface area contributed by atoms with Crippen molar-refractivity contribution in [2.45, 2.75) is 0 Å². The largest absolute Gasteiger partial charge is 0.453 e. The number of rotatable bonds is 1. The Bertz CT molecular complexity index is 1850. The molecule has 154 valence electrons. The molecule has 0 bridgehead atoms. The summed E-state index contributed by atoms with van der Waals surface area (Å²) in [6, 6.07) is 38.7. The molecule has 0 fully saturated rings. The lowest BCUT2D eigenvalue weighted by Crippen LogP contribution is -2.04. The van der Waals surface area contributed by atoms with Gasteiger partial charge in [-0.15, -0.1) is 0 Å². The van der Waals surface area contributed by atoms with Crippen LogP contribution in [-0.2, 0) is 0 Å². The molecule has 0 N–H and O–H groups in total. The lowest BCUT2D eigenvalue weighted by molar-refractivity contribution is 0.476. The maximum absolute atomic E-state index is 6.51. The molecule has 0 spiro atoms. The first-order valence-corrected chi connectivity index (χ1v) is 11.2. The Balaban J connectivity index is 1.56. The van der Waals surface area contributed by atoms with Crippen LogP contribution < -0.4 is 4.74 Å². The molecule has 0 radical (unpaired) electrons. The third kappa shape index (κ3) is 2.14. The molecule has 2 aromatic heterocycles. The van der Waals surface area contributed by atoms with Crippen molar-refractivity contribution in [2.24, 2.45) is 0 Å². The van der Waals surface area contributed by atoms with Gasteiger partial charge in [-0.3, -0.25) is 0 Å². The van der Waals surface area contributed by atoms with Crippen LogP contribution in [-0.4, -0.2) is 9.13 Å². The van der Waals surface area contributed by atoms with Gasteiger partial charge < -0.3 is 13.9 Å². The highest BCUT2D eigenvalue weighted by Crippen LogP contribution is 2.47. The molecule has 33 heavy (non-hydrogen) atoms. The van der Waals surface area contributed by atoms with Crippen molar-refractivity contribution < 1.29 is 4.74 Å². The van der Waals surface area contributed by atoms with Gasteiger partial charge in [0.15, 0.2) is 11.5 Å². The van der Waals surface area contributed by atoms with Crippen LogP contribution in [0.4, 0.5) is 0 Å². The normalized spacial score (nSPS) is 12.5. The molecule has 3 heteroatoms. The second kappa shape index (κ2) is 6.05. The highest BCUT2D eigenvalue weighted by molar-refractivity contribution is 6.14. The predicted octanol–water partition coefficient (Wildman–Crippen LogP) is 7.99. The van der Waals surface area contributed by atoms with Crippen LogP contribution in [0.2, 0.25) is 0 Å². The van der Waals surface area contributed by atoms with Crippen molar-refractivity contribution in [1.82, 2.24) is 9.13 Å². The van der Waals surface area contributed by atoms with Gasteiger partial charge in [-0.1, -0.05) is 66.7 Å². The Morgan fingerprint density at radius 1 is 0.455 bits per heavy atom. The Morgan fingerprint density at radius 2 is 1.00 bits per heavy atom. The van der Waals surface area contributed by atoms with Gasteiger partial charge in [0, 0.05) is 27.6 Å². The smallest absolute Gasteiger partial charge is 0.154 e. The highest BCUT2D eigenvalue weighted by Gasteiger charge is 2.25. The number of ether oxygens (including phenoxy) is 1. The van der Waals surface area contributed by atoms with Crippen molar-refractivity contribution in [3.05, 3.63) is 109 Å². The summed E-state index contributed by atoms with van der Waals surface area (Å²) in [6.45, 7) is 0. The third-order valence-electron chi connectivity index (χ3n) is 6.88. The molecule has 0 aliphatic carbocycles. The Labute approximate surface area is 189 Å². The summed E-state index contributed by atoms with van der Waals surface area (Å²) < 4.78 is 11.2. The molecule has 1 aliphatic rings. The molecule has 8 rings (SSSR count). The number of nitrogens with zero attached hydrogens (tertiary/aromatic N) is 2. The standard InChI is InChI=1S/C30H18N2O/c1-4-12-24-20(9-1)21-10-2-5-13-25(21)31(24)19-17-23-22-11-3-6-14-26(22)32-27-15-7-8-16-28(27)33-29(18-19)30(23)32/h1-18H. The number of hydrogen-bond donors (Lipinski definition) is 0. The minimum absolute atomic E-state index is 0.882. The van der Waals surface area contributed by atoms with Gasteiger partial charge in [0.1, 0.15) is 0 Å². The molecule has 0 saturated carbocycles. The number of benzene rings is 5. The molecule has 0 amide bonds. The fourth-order valence-electron chi connectivity index (χ4n) is 5.55. The summed E-state index contributed by atoms with van der Waals surface area (Å²) in [5.74, 6) is 1.77. The minimum Gasteiger partial charge on any atom is -0.453 e. The number of fused-ring (bicyclic) bond motifs is 8. The summed E-state index contributed by atoms with van der Waals surface area (Å²) in [5, 5.41) is 4.96. The summed E-state index contributed by atoms with van der Waals surface area (Å²) in [7, 11) is 0.